The highest BCUT2D eigenvalue weighted by Crippen LogP contribution is 2.42. The molecule has 5 rings (SSSR count). The second-order valence-electron chi connectivity index (χ2n) is 8.38. The van der Waals surface area contributed by atoms with Crippen molar-refractivity contribution in [2.75, 3.05) is 6.61 Å². The second-order valence-corrected chi connectivity index (χ2v) is 9.68. The molecule has 9 nitrogen and oxygen atoms in total. The van der Waals surface area contributed by atoms with Crippen molar-refractivity contribution in [3.05, 3.63) is 74.8 Å². The van der Waals surface area contributed by atoms with Crippen molar-refractivity contribution < 1.29 is 27.5 Å². The van der Waals surface area contributed by atoms with Crippen molar-refractivity contribution >= 4 is 46.2 Å². The number of aromatic nitrogens is 3. The summed E-state index contributed by atoms with van der Waals surface area (Å²) in [5.41, 5.74) is -0.264. The first-order valence-electron chi connectivity index (χ1n) is 10.9. The summed E-state index contributed by atoms with van der Waals surface area (Å²) in [6, 6.07) is 4.21. The van der Waals surface area contributed by atoms with Crippen molar-refractivity contribution in [2.24, 2.45) is 4.99 Å². The highest BCUT2D eigenvalue weighted by atomic mass is 35.5. The molecule has 1 saturated heterocycles. The van der Waals surface area contributed by atoms with Crippen LogP contribution in [0.25, 0.3) is 5.57 Å². The standard InChI is InChI=1S/C23H18ClF3N6O3S/c1-11(34)23(10-36-22(35)31-23)9-16-17(15-4-6-33(32-15)21(26)27)18(13-3-2-12(25)8-14(13)24)30-19(29-16)20-28-5-7-37-20/h2-8,18,21H,9-10H2,1H3,(H,29,30)(H,31,35)/t18-,23-/m0/s1. The van der Waals surface area contributed by atoms with E-state index in [9.17, 15) is 22.8 Å². The Balaban J connectivity index is 1.73. The first kappa shape index (κ1) is 25.0. The summed E-state index contributed by atoms with van der Waals surface area (Å²) in [6.45, 7) is -1.83. The van der Waals surface area contributed by atoms with Crippen LogP contribution >= 0.6 is 22.9 Å². The first-order valence-corrected chi connectivity index (χ1v) is 12.1. The fourth-order valence-electron chi connectivity index (χ4n) is 4.19. The van der Waals surface area contributed by atoms with Gasteiger partial charge in [0, 0.05) is 46.1 Å². The number of carbonyl (C=O) groups excluding carboxylic acids is 2. The van der Waals surface area contributed by atoms with Gasteiger partial charge in [-0.25, -0.2) is 18.9 Å². The summed E-state index contributed by atoms with van der Waals surface area (Å²) >= 11 is 7.71. The fraction of sp³-hybridized carbons (Fsp3) is 0.261. The van der Waals surface area contributed by atoms with Gasteiger partial charge in [-0.3, -0.25) is 9.79 Å². The Morgan fingerprint density at radius 1 is 1.38 bits per heavy atom. The van der Waals surface area contributed by atoms with Gasteiger partial charge in [-0.15, -0.1) is 11.3 Å². The van der Waals surface area contributed by atoms with Crippen LogP contribution in [0.1, 0.15) is 42.2 Å². The van der Waals surface area contributed by atoms with E-state index in [1.165, 1.54) is 36.5 Å². The minimum atomic E-state index is -2.90. The van der Waals surface area contributed by atoms with E-state index in [-0.39, 0.29) is 29.5 Å². The van der Waals surface area contributed by atoms with Gasteiger partial charge < -0.3 is 15.4 Å². The summed E-state index contributed by atoms with van der Waals surface area (Å²) in [7, 11) is 0. The van der Waals surface area contributed by atoms with E-state index in [2.05, 4.69) is 20.7 Å². The number of halogens is 4. The van der Waals surface area contributed by atoms with Gasteiger partial charge in [0.15, 0.2) is 16.6 Å². The summed E-state index contributed by atoms with van der Waals surface area (Å²) in [6.07, 6.45) is 1.82. The number of rotatable bonds is 7. The molecule has 37 heavy (non-hydrogen) atoms. The highest BCUT2D eigenvalue weighted by Gasteiger charge is 2.46. The van der Waals surface area contributed by atoms with Gasteiger partial charge in [0.1, 0.15) is 24.0 Å². The SMILES string of the molecule is CC(=O)[C@]1(CC2=C(c3ccn(C(F)F)n3)[C@H](c3ccc(F)cc3Cl)N=C(c3nccs3)N2)COC(=O)N1. The lowest BCUT2D eigenvalue weighted by molar-refractivity contribution is -0.122. The molecule has 2 aliphatic rings. The molecule has 0 radical (unpaired) electrons. The van der Waals surface area contributed by atoms with Gasteiger partial charge in [0.2, 0.25) is 0 Å². The average molecular weight is 551 g/mol. The fourth-order valence-corrected chi connectivity index (χ4v) is 5.05. The van der Waals surface area contributed by atoms with Crippen LogP contribution in [0, 0.1) is 5.82 Å². The quantitative estimate of drug-likeness (QED) is 0.448. The number of alkyl halides is 2. The number of hydrogen-bond acceptors (Lipinski definition) is 8. The Bertz CT molecular complexity index is 1440. The Morgan fingerprint density at radius 2 is 2.19 bits per heavy atom. The number of cyclic esters (lactones) is 1. The van der Waals surface area contributed by atoms with Crippen LogP contribution in [-0.4, -0.2) is 44.6 Å². The molecule has 3 aromatic rings. The minimum Gasteiger partial charge on any atom is -0.447 e. The summed E-state index contributed by atoms with van der Waals surface area (Å²) in [5, 5.41) is 12.0. The molecular formula is C23H18ClF3N6O3S. The summed E-state index contributed by atoms with van der Waals surface area (Å²) in [4.78, 5) is 33.7. The van der Waals surface area contributed by atoms with Crippen molar-refractivity contribution in [3.8, 4) is 0 Å². The van der Waals surface area contributed by atoms with Crippen LogP contribution in [0.5, 0.6) is 0 Å². The van der Waals surface area contributed by atoms with Crippen LogP contribution < -0.4 is 10.6 Å². The topological polar surface area (TPSA) is 110 Å². The molecule has 2 N–H and O–H groups in total. The number of aliphatic imine (C=N–C) groups is 1. The Morgan fingerprint density at radius 3 is 2.78 bits per heavy atom. The molecule has 1 amide bonds. The van der Waals surface area contributed by atoms with E-state index >= 15 is 0 Å². The van der Waals surface area contributed by atoms with E-state index in [0.29, 0.717) is 32.4 Å². The van der Waals surface area contributed by atoms with E-state index in [1.807, 2.05) is 0 Å². The number of nitrogens with one attached hydrogen (secondary N) is 2. The predicted octanol–water partition coefficient (Wildman–Crippen LogP) is 4.49. The number of amidine groups is 1. The maximum Gasteiger partial charge on any atom is 0.408 e. The smallest absolute Gasteiger partial charge is 0.408 e. The molecule has 2 aromatic heterocycles. The molecule has 14 heteroatoms. The number of thiazole rings is 1. The number of ether oxygens (including phenoxy) is 1. The molecule has 1 fully saturated rings. The zero-order valence-electron chi connectivity index (χ0n) is 19.0. The lowest BCUT2D eigenvalue weighted by Crippen LogP contribution is -2.51. The molecular weight excluding hydrogens is 533 g/mol. The molecule has 4 heterocycles. The molecule has 2 aliphatic heterocycles. The van der Waals surface area contributed by atoms with Crippen molar-refractivity contribution in [1.29, 1.82) is 0 Å². The first-order chi connectivity index (χ1) is 17.7. The number of ketones is 1. The van der Waals surface area contributed by atoms with Gasteiger partial charge in [-0.2, -0.15) is 13.9 Å². The van der Waals surface area contributed by atoms with E-state index < -0.39 is 30.0 Å². The molecule has 0 saturated carbocycles. The third-order valence-corrected chi connectivity index (χ3v) is 7.15. The van der Waals surface area contributed by atoms with Crippen LogP contribution in [0.4, 0.5) is 18.0 Å². The second kappa shape index (κ2) is 9.63. The van der Waals surface area contributed by atoms with Crippen molar-refractivity contribution in [2.45, 2.75) is 31.5 Å². The molecule has 0 aliphatic carbocycles. The number of nitrogens with zero attached hydrogens (tertiary/aromatic N) is 4. The maximum absolute atomic E-state index is 13.9. The average Bonchev–Trinajstić information content (AvgIpc) is 3.60. The Hall–Kier alpha value is -3.71. The lowest BCUT2D eigenvalue weighted by atomic mass is 9.85. The van der Waals surface area contributed by atoms with Crippen LogP contribution in [0.15, 0.2) is 52.7 Å². The Kier molecular flexibility index (Phi) is 6.50. The predicted molar refractivity (Wildman–Crippen MR) is 129 cm³/mol. The number of benzene rings is 1. The summed E-state index contributed by atoms with van der Waals surface area (Å²) < 4.78 is 46.3. The van der Waals surface area contributed by atoms with Gasteiger partial charge in [0.05, 0.1) is 5.69 Å². The normalized spacial score (nSPS) is 21.5. The zero-order chi connectivity index (χ0) is 26.3. The summed E-state index contributed by atoms with van der Waals surface area (Å²) in [5.74, 6) is -0.628. The molecule has 0 bridgehead atoms. The Labute approximate surface area is 217 Å². The third-order valence-electron chi connectivity index (χ3n) is 6.05. The van der Waals surface area contributed by atoms with Crippen molar-refractivity contribution in [3.63, 3.8) is 0 Å². The molecule has 192 valence electrons. The molecule has 2 atom stereocenters. The van der Waals surface area contributed by atoms with Gasteiger partial charge in [0.25, 0.3) is 0 Å². The maximum atomic E-state index is 13.9. The number of hydrogen-bond donors (Lipinski definition) is 2. The van der Waals surface area contributed by atoms with Crippen molar-refractivity contribution in [1.82, 2.24) is 25.4 Å². The lowest BCUT2D eigenvalue weighted by Gasteiger charge is -2.32. The van der Waals surface area contributed by atoms with Gasteiger partial charge >= 0.3 is 12.6 Å². The van der Waals surface area contributed by atoms with Crippen LogP contribution in [0.3, 0.4) is 0 Å². The number of Topliss-reactive ketones (excluding diaryl/α,β-unsaturated/α-hetero) is 1. The third kappa shape index (κ3) is 4.71. The zero-order valence-corrected chi connectivity index (χ0v) is 20.6. The molecule has 0 spiro atoms. The number of amides is 1. The minimum absolute atomic E-state index is 0.0538. The van der Waals surface area contributed by atoms with Gasteiger partial charge in [-0.05, 0) is 25.1 Å². The van der Waals surface area contributed by atoms with E-state index in [4.69, 9.17) is 21.3 Å². The highest BCUT2D eigenvalue weighted by molar-refractivity contribution is 7.11. The number of alkyl carbamates (subject to hydrolysis) is 1. The molecule has 0 unspecified atom stereocenters. The monoisotopic (exact) mass is 550 g/mol. The largest absolute Gasteiger partial charge is 0.447 e. The number of carbonyl (C=O) groups is 2. The van der Waals surface area contributed by atoms with Crippen LogP contribution in [-0.2, 0) is 9.53 Å². The van der Waals surface area contributed by atoms with Crippen LogP contribution in [0.2, 0.25) is 5.02 Å². The van der Waals surface area contributed by atoms with Gasteiger partial charge in [-0.1, -0.05) is 17.7 Å². The van der Waals surface area contributed by atoms with E-state index in [1.54, 1.807) is 11.6 Å². The van der Waals surface area contributed by atoms with E-state index in [0.717, 1.165) is 12.3 Å². The molecule has 1 aromatic carbocycles.